The van der Waals surface area contributed by atoms with Gasteiger partial charge in [-0.05, 0) is 42.7 Å². The van der Waals surface area contributed by atoms with Crippen molar-refractivity contribution in [3.05, 3.63) is 64.2 Å². The van der Waals surface area contributed by atoms with Crippen molar-refractivity contribution in [2.24, 2.45) is 0 Å². The maximum Gasteiger partial charge on any atom is 0.269 e. The Hall–Kier alpha value is -2.64. The van der Waals surface area contributed by atoms with Crippen LogP contribution in [0.5, 0.6) is 11.5 Å². The third kappa shape index (κ3) is 12.2. The molecule has 182 valence electrons. The summed E-state index contributed by atoms with van der Waals surface area (Å²) < 4.78 is 22.2. The van der Waals surface area contributed by atoms with Crippen molar-refractivity contribution >= 4 is 5.69 Å². The SMILES string of the molecule is CCCCCCCCc1ccc(OCCOCCOCCOc2ccc([N+](=O)[O-])cc2)cc1. The second kappa shape index (κ2) is 16.9. The van der Waals surface area contributed by atoms with Crippen LogP contribution in [0.2, 0.25) is 0 Å². The molecular weight excluding hydrogens is 422 g/mol. The van der Waals surface area contributed by atoms with Gasteiger partial charge in [-0.25, -0.2) is 0 Å². The zero-order valence-corrected chi connectivity index (χ0v) is 19.7. The highest BCUT2D eigenvalue weighted by Gasteiger charge is 2.04. The van der Waals surface area contributed by atoms with Crippen LogP contribution in [0, 0.1) is 10.1 Å². The minimum Gasteiger partial charge on any atom is -0.491 e. The number of unbranched alkanes of at least 4 members (excludes halogenated alkanes) is 5. The molecule has 2 aromatic carbocycles. The Balaban J connectivity index is 1.41. The van der Waals surface area contributed by atoms with Gasteiger partial charge in [0.15, 0.2) is 0 Å². The van der Waals surface area contributed by atoms with Crippen LogP contribution in [-0.2, 0) is 15.9 Å². The molecular formula is C26H37NO6. The molecule has 7 nitrogen and oxygen atoms in total. The van der Waals surface area contributed by atoms with E-state index in [1.165, 1.54) is 56.2 Å². The predicted octanol–water partition coefficient (Wildman–Crippen LogP) is 5.99. The van der Waals surface area contributed by atoms with E-state index in [9.17, 15) is 10.1 Å². The molecule has 0 saturated carbocycles. The molecule has 0 spiro atoms. The summed E-state index contributed by atoms with van der Waals surface area (Å²) in [6.07, 6.45) is 9.04. The molecule has 0 fully saturated rings. The van der Waals surface area contributed by atoms with E-state index in [0.717, 1.165) is 12.2 Å². The number of benzene rings is 2. The fourth-order valence-corrected chi connectivity index (χ4v) is 3.28. The number of non-ortho nitro benzene ring substituents is 1. The molecule has 0 saturated heterocycles. The molecule has 0 radical (unpaired) electrons. The normalized spacial score (nSPS) is 10.8. The van der Waals surface area contributed by atoms with Gasteiger partial charge in [0.2, 0.25) is 0 Å². The maximum atomic E-state index is 10.6. The van der Waals surface area contributed by atoms with Gasteiger partial charge in [0.1, 0.15) is 24.7 Å². The lowest BCUT2D eigenvalue weighted by atomic mass is 10.0. The van der Waals surface area contributed by atoms with Crippen molar-refractivity contribution < 1.29 is 23.9 Å². The van der Waals surface area contributed by atoms with Gasteiger partial charge in [-0.3, -0.25) is 10.1 Å². The number of nitrogens with zero attached hydrogens (tertiary/aromatic N) is 1. The molecule has 0 bridgehead atoms. The van der Waals surface area contributed by atoms with Crippen LogP contribution >= 0.6 is 0 Å². The van der Waals surface area contributed by atoms with Gasteiger partial charge >= 0.3 is 0 Å². The van der Waals surface area contributed by atoms with Gasteiger partial charge in [-0.2, -0.15) is 0 Å². The molecule has 0 amide bonds. The minimum absolute atomic E-state index is 0.0419. The van der Waals surface area contributed by atoms with Crippen molar-refractivity contribution in [3.63, 3.8) is 0 Å². The van der Waals surface area contributed by atoms with E-state index in [1.807, 2.05) is 12.1 Å². The molecule has 0 aromatic heterocycles. The van der Waals surface area contributed by atoms with Gasteiger partial charge in [0.05, 0.1) is 31.4 Å². The van der Waals surface area contributed by atoms with E-state index in [-0.39, 0.29) is 5.69 Å². The van der Waals surface area contributed by atoms with E-state index < -0.39 is 4.92 Å². The largest absolute Gasteiger partial charge is 0.491 e. The van der Waals surface area contributed by atoms with E-state index in [4.69, 9.17) is 18.9 Å². The summed E-state index contributed by atoms with van der Waals surface area (Å²) in [5.41, 5.74) is 1.41. The van der Waals surface area contributed by atoms with Crippen molar-refractivity contribution in [1.82, 2.24) is 0 Å². The van der Waals surface area contributed by atoms with Crippen molar-refractivity contribution in [2.45, 2.75) is 51.9 Å². The molecule has 7 heteroatoms. The number of hydrogen-bond donors (Lipinski definition) is 0. The molecule has 0 aliphatic carbocycles. The summed E-state index contributed by atoms with van der Waals surface area (Å²) in [6, 6.07) is 14.3. The topological polar surface area (TPSA) is 80.1 Å². The highest BCUT2D eigenvalue weighted by atomic mass is 16.6. The second-order valence-corrected chi connectivity index (χ2v) is 7.83. The van der Waals surface area contributed by atoms with Gasteiger partial charge in [0, 0.05) is 12.1 Å². The Labute approximate surface area is 197 Å². The third-order valence-corrected chi connectivity index (χ3v) is 5.15. The molecule has 0 heterocycles. The van der Waals surface area contributed by atoms with Gasteiger partial charge in [0.25, 0.3) is 5.69 Å². The molecule has 0 atom stereocenters. The van der Waals surface area contributed by atoms with Crippen LogP contribution in [0.25, 0.3) is 0 Å². The number of rotatable bonds is 19. The van der Waals surface area contributed by atoms with E-state index in [0.29, 0.717) is 45.4 Å². The predicted molar refractivity (Wildman–Crippen MR) is 129 cm³/mol. The number of nitro benzene ring substituents is 1. The van der Waals surface area contributed by atoms with Crippen molar-refractivity contribution in [2.75, 3.05) is 39.6 Å². The summed E-state index contributed by atoms with van der Waals surface area (Å²) in [4.78, 5) is 10.2. The maximum absolute atomic E-state index is 10.6. The first kappa shape index (κ1) is 26.6. The molecule has 0 N–H and O–H groups in total. The smallest absolute Gasteiger partial charge is 0.269 e. The number of ether oxygens (including phenoxy) is 4. The molecule has 2 rings (SSSR count). The monoisotopic (exact) mass is 459 g/mol. The van der Waals surface area contributed by atoms with Crippen LogP contribution in [0.3, 0.4) is 0 Å². The number of nitro groups is 1. The minimum atomic E-state index is -0.439. The third-order valence-electron chi connectivity index (χ3n) is 5.15. The highest BCUT2D eigenvalue weighted by Crippen LogP contribution is 2.17. The van der Waals surface area contributed by atoms with Gasteiger partial charge < -0.3 is 18.9 Å². The summed E-state index contributed by atoms with van der Waals surface area (Å²) in [5.74, 6) is 1.44. The molecule has 0 unspecified atom stereocenters. The lowest BCUT2D eigenvalue weighted by Crippen LogP contribution is -2.13. The quantitative estimate of drug-likeness (QED) is 0.146. The lowest BCUT2D eigenvalue weighted by molar-refractivity contribution is -0.384. The Morgan fingerprint density at radius 3 is 1.70 bits per heavy atom. The standard InChI is InChI=1S/C26H37NO6/c1-2-3-4-5-6-7-8-23-9-13-25(14-10-23)32-21-19-30-17-18-31-20-22-33-26-15-11-24(12-16-26)27(28)29/h9-16H,2-8,17-22H2,1H3. The Morgan fingerprint density at radius 2 is 1.15 bits per heavy atom. The fourth-order valence-electron chi connectivity index (χ4n) is 3.28. The fraction of sp³-hybridized carbons (Fsp3) is 0.538. The summed E-state index contributed by atoms with van der Waals surface area (Å²) in [6.45, 7) is 4.99. The summed E-state index contributed by atoms with van der Waals surface area (Å²) in [7, 11) is 0. The lowest BCUT2D eigenvalue weighted by Gasteiger charge is -2.09. The van der Waals surface area contributed by atoms with E-state index in [2.05, 4.69) is 19.1 Å². The first-order chi connectivity index (χ1) is 16.2. The second-order valence-electron chi connectivity index (χ2n) is 7.83. The van der Waals surface area contributed by atoms with Crippen molar-refractivity contribution in [3.8, 4) is 11.5 Å². The summed E-state index contributed by atoms with van der Waals surface area (Å²) in [5, 5.41) is 10.6. The molecule has 33 heavy (non-hydrogen) atoms. The molecule has 2 aromatic rings. The van der Waals surface area contributed by atoms with Gasteiger partial charge in [-0.1, -0.05) is 51.2 Å². The first-order valence-electron chi connectivity index (χ1n) is 11.9. The van der Waals surface area contributed by atoms with Crippen LogP contribution in [0.4, 0.5) is 5.69 Å². The average molecular weight is 460 g/mol. The highest BCUT2D eigenvalue weighted by molar-refractivity contribution is 5.35. The first-order valence-corrected chi connectivity index (χ1v) is 11.9. The Morgan fingerprint density at radius 1 is 0.667 bits per heavy atom. The van der Waals surface area contributed by atoms with Crippen LogP contribution < -0.4 is 9.47 Å². The molecule has 0 aliphatic heterocycles. The zero-order chi connectivity index (χ0) is 23.6. The van der Waals surface area contributed by atoms with Crippen LogP contribution in [0.1, 0.15) is 51.0 Å². The number of aryl methyl sites for hydroxylation is 1. The summed E-state index contributed by atoms with van der Waals surface area (Å²) >= 11 is 0. The zero-order valence-electron chi connectivity index (χ0n) is 19.7. The van der Waals surface area contributed by atoms with Crippen LogP contribution in [-0.4, -0.2) is 44.6 Å². The van der Waals surface area contributed by atoms with Gasteiger partial charge in [-0.15, -0.1) is 0 Å². The average Bonchev–Trinajstić information content (AvgIpc) is 2.83. The van der Waals surface area contributed by atoms with E-state index >= 15 is 0 Å². The number of hydrogen-bond acceptors (Lipinski definition) is 6. The Bertz CT molecular complexity index is 763. The molecule has 0 aliphatic rings. The Kier molecular flexibility index (Phi) is 13.6. The van der Waals surface area contributed by atoms with Crippen LogP contribution in [0.15, 0.2) is 48.5 Å². The van der Waals surface area contributed by atoms with Crippen molar-refractivity contribution in [1.29, 1.82) is 0 Å². The van der Waals surface area contributed by atoms with E-state index in [1.54, 1.807) is 12.1 Å².